The minimum atomic E-state index is -0.687. The van der Waals surface area contributed by atoms with Crippen LogP contribution >= 0.6 is 0 Å². The predicted molar refractivity (Wildman–Crippen MR) is 73.2 cm³/mol. The second-order valence-corrected chi connectivity index (χ2v) is 4.32. The molecule has 1 aliphatic rings. The van der Waals surface area contributed by atoms with Crippen LogP contribution in [-0.2, 0) is 0 Å². The van der Waals surface area contributed by atoms with E-state index in [2.05, 4.69) is 10.2 Å². The van der Waals surface area contributed by atoms with Crippen molar-refractivity contribution in [2.45, 2.75) is 0 Å². The van der Waals surface area contributed by atoms with Crippen molar-refractivity contribution in [1.29, 1.82) is 0 Å². The molecule has 2 aromatic carbocycles. The molecule has 22 heavy (non-hydrogen) atoms. The van der Waals surface area contributed by atoms with Gasteiger partial charge in [0.15, 0.2) is 17.2 Å². The molecule has 2 aromatic rings. The second-order valence-electron chi connectivity index (χ2n) is 4.32. The number of rotatable bonds is 3. The summed E-state index contributed by atoms with van der Waals surface area (Å²) in [4.78, 5) is 10.2. The number of benzene rings is 2. The van der Waals surface area contributed by atoms with Gasteiger partial charge in [-0.2, -0.15) is 0 Å². The molecule has 1 heterocycles. The number of hydrogen-bond acceptors (Lipinski definition) is 8. The van der Waals surface area contributed by atoms with E-state index in [0.29, 0.717) is 11.5 Å². The summed E-state index contributed by atoms with van der Waals surface area (Å²) < 4.78 is 10.2. The number of nitro groups is 1. The lowest BCUT2D eigenvalue weighted by atomic mass is 10.2. The van der Waals surface area contributed by atoms with Crippen LogP contribution in [-0.4, -0.2) is 21.9 Å². The Bertz CT molecular complexity index is 790. The third-order valence-corrected chi connectivity index (χ3v) is 2.89. The van der Waals surface area contributed by atoms with Crippen LogP contribution in [0, 0.1) is 10.1 Å². The fraction of sp³-hybridized carbons (Fsp3) is 0.0769. The Labute approximate surface area is 123 Å². The topological polar surface area (TPSA) is 127 Å². The number of hydrogen-bond donors (Lipinski definition) is 2. The van der Waals surface area contributed by atoms with E-state index in [1.807, 2.05) is 0 Å². The molecule has 0 saturated heterocycles. The molecule has 0 saturated carbocycles. The standard InChI is InChI=1S/C13H9N3O6/c17-7-1-2-8(10(3-7)16(19)20)14-15-9-4-12-13(5-11(9)18)22-6-21-12/h1-5,17-18H,6H2. The summed E-state index contributed by atoms with van der Waals surface area (Å²) >= 11 is 0. The van der Waals surface area contributed by atoms with Gasteiger partial charge in [-0.25, -0.2) is 0 Å². The molecule has 0 fully saturated rings. The maximum atomic E-state index is 10.9. The lowest BCUT2D eigenvalue weighted by Gasteiger charge is -2.01. The predicted octanol–water partition coefficient (Wildman–Crippen LogP) is 3.15. The first-order valence-corrected chi connectivity index (χ1v) is 6.06. The fourth-order valence-corrected chi connectivity index (χ4v) is 1.85. The highest BCUT2D eigenvalue weighted by molar-refractivity contribution is 5.63. The number of phenolic OH excluding ortho intramolecular Hbond substituents is 2. The van der Waals surface area contributed by atoms with Gasteiger partial charge in [0.1, 0.15) is 17.2 Å². The quantitative estimate of drug-likeness (QED) is 0.509. The SMILES string of the molecule is O=[N+]([O-])c1cc(O)ccc1N=Nc1cc2c(cc1O)OCO2. The van der Waals surface area contributed by atoms with E-state index in [1.54, 1.807) is 0 Å². The highest BCUT2D eigenvalue weighted by Gasteiger charge is 2.18. The molecular weight excluding hydrogens is 294 g/mol. The van der Waals surface area contributed by atoms with Crippen LogP contribution in [0.1, 0.15) is 0 Å². The van der Waals surface area contributed by atoms with Crippen molar-refractivity contribution >= 4 is 17.1 Å². The van der Waals surface area contributed by atoms with Gasteiger partial charge in [0, 0.05) is 12.1 Å². The number of azo groups is 1. The number of nitrogens with zero attached hydrogens (tertiary/aromatic N) is 3. The van der Waals surface area contributed by atoms with E-state index in [0.717, 1.165) is 6.07 Å². The van der Waals surface area contributed by atoms with Crippen molar-refractivity contribution in [3.05, 3.63) is 40.4 Å². The Hall–Kier alpha value is -3.36. The smallest absolute Gasteiger partial charge is 0.300 e. The van der Waals surface area contributed by atoms with Crippen LogP contribution in [0.2, 0.25) is 0 Å². The molecule has 0 bridgehead atoms. The summed E-state index contributed by atoms with van der Waals surface area (Å²) in [6.07, 6.45) is 0. The maximum Gasteiger partial charge on any atom is 0.300 e. The largest absolute Gasteiger partial charge is 0.508 e. The zero-order valence-electron chi connectivity index (χ0n) is 11.0. The molecule has 0 amide bonds. The van der Waals surface area contributed by atoms with Gasteiger partial charge in [0.25, 0.3) is 5.69 Å². The lowest BCUT2D eigenvalue weighted by Crippen LogP contribution is -1.92. The van der Waals surface area contributed by atoms with Crippen LogP contribution in [0.5, 0.6) is 23.0 Å². The normalized spacial score (nSPS) is 12.7. The summed E-state index contributed by atoms with van der Waals surface area (Å²) in [5, 5.41) is 37.5. The van der Waals surface area contributed by atoms with Crippen molar-refractivity contribution in [1.82, 2.24) is 0 Å². The molecule has 0 unspecified atom stereocenters. The average Bonchev–Trinajstić information content (AvgIpc) is 2.92. The van der Waals surface area contributed by atoms with Crippen LogP contribution < -0.4 is 9.47 Å². The first kappa shape index (κ1) is 13.6. The van der Waals surface area contributed by atoms with Gasteiger partial charge in [0.05, 0.1) is 11.0 Å². The number of fused-ring (bicyclic) bond motifs is 1. The van der Waals surface area contributed by atoms with Crippen LogP contribution in [0.25, 0.3) is 0 Å². The van der Waals surface area contributed by atoms with Crippen LogP contribution in [0.3, 0.4) is 0 Å². The third-order valence-electron chi connectivity index (χ3n) is 2.89. The van der Waals surface area contributed by atoms with Gasteiger partial charge in [0.2, 0.25) is 6.79 Å². The second kappa shape index (κ2) is 5.20. The van der Waals surface area contributed by atoms with Gasteiger partial charge in [-0.1, -0.05) is 0 Å². The first-order valence-electron chi connectivity index (χ1n) is 6.06. The highest BCUT2D eigenvalue weighted by Crippen LogP contribution is 2.42. The van der Waals surface area contributed by atoms with Gasteiger partial charge in [-0.3, -0.25) is 10.1 Å². The Morgan fingerprint density at radius 3 is 2.45 bits per heavy atom. The molecule has 9 heteroatoms. The summed E-state index contributed by atoms with van der Waals surface area (Å²) in [5.41, 5.74) is -0.379. The van der Waals surface area contributed by atoms with E-state index in [9.17, 15) is 20.3 Å². The molecule has 0 spiro atoms. The molecular formula is C13H9N3O6. The third kappa shape index (κ3) is 2.46. The van der Waals surface area contributed by atoms with Crippen LogP contribution in [0.15, 0.2) is 40.6 Å². The molecule has 112 valence electrons. The maximum absolute atomic E-state index is 10.9. The first-order chi connectivity index (χ1) is 10.5. The number of ether oxygens (including phenoxy) is 2. The van der Waals surface area contributed by atoms with E-state index in [1.165, 1.54) is 24.3 Å². The van der Waals surface area contributed by atoms with E-state index < -0.39 is 10.6 Å². The number of phenols is 2. The van der Waals surface area contributed by atoms with Crippen molar-refractivity contribution in [2.24, 2.45) is 10.2 Å². The average molecular weight is 303 g/mol. The summed E-state index contributed by atoms with van der Waals surface area (Å²) in [7, 11) is 0. The van der Waals surface area contributed by atoms with Crippen LogP contribution in [0.4, 0.5) is 17.1 Å². The lowest BCUT2D eigenvalue weighted by molar-refractivity contribution is -0.384. The van der Waals surface area contributed by atoms with Crippen molar-refractivity contribution in [2.75, 3.05) is 6.79 Å². The molecule has 0 aromatic heterocycles. The van der Waals surface area contributed by atoms with Crippen molar-refractivity contribution < 1.29 is 24.6 Å². The zero-order chi connectivity index (χ0) is 15.7. The van der Waals surface area contributed by atoms with E-state index in [-0.39, 0.29) is 29.7 Å². The van der Waals surface area contributed by atoms with Crippen molar-refractivity contribution in [3.63, 3.8) is 0 Å². The number of aromatic hydroxyl groups is 2. The fourth-order valence-electron chi connectivity index (χ4n) is 1.85. The molecule has 0 atom stereocenters. The summed E-state index contributed by atoms with van der Waals surface area (Å²) in [6, 6.07) is 6.20. The van der Waals surface area contributed by atoms with Gasteiger partial charge in [-0.05, 0) is 12.1 Å². The Morgan fingerprint density at radius 2 is 1.73 bits per heavy atom. The summed E-state index contributed by atoms with van der Waals surface area (Å²) in [6.45, 7) is 0.0405. The monoisotopic (exact) mass is 303 g/mol. The molecule has 1 aliphatic heterocycles. The molecule has 0 radical (unpaired) electrons. The molecule has 0 aliphatic carbocycles. The molecule has 3 rings (SSSR count). The van der Waals surface area contributed by atoms with E-state index in [4.69, 9.17) is 9.47 Å². The van der Waals surface area contributed by atoms with Gasteiger partial charge < -0.3 is 19.7 Å². The number of nitro benzene ring substituents is 1. The minimum Gasteiger partial charge on any atom is -0.508 e. The van der Waals surface area contributed by atoms with Gasteiger partial charge >= 0.3 is 0 Å². The zero-order valence-corrected chi connectivity index (χ0v) is 11.0. The molecule has 9 nitrogen and oxygen atoms in total. The van der Waals surface area contributed by atoms with Crippen molar-refractivity contribution in [3.8, 4) is 23.0 Å². The highest BCUT2D eigenvalue weighted by atomic mass is 16.7. The minimum absolute atomic E-state index is 0.0405. The van der Waals surface area contributed by atoms with E-state index >= 15 is 0 Å². The Kier molecular flexibility index (Phi) is 3.22. The van der Waals surface area contributed by atoms with Gasteiger partial charge in [-0.15, -0.1) is 10.2 Å². The Morgan fingerprint density at radius 1 is 1.05 bits per heavy atom. The Balaban J connectivity index is 1.97. The summed E-state index contributed by atoms with van der Waals surface area (Å²) in [5.74, 6) is 0.324. The molecule has 2 N–H and O–H groups in total.